The van der Waals surface area contributed by atoms with Gasteiger partial charge >= 0.3 is 0 Å². The Morgan fingerprint density at radius 2 is 2.27 bits per heavy atom. The molecule has 0 fully saturated rings. The van der Waals surface area contributed by atoms with E-state index in [9.17, 15) is 4.79 Å². The number of hydrogen-bond acceptors (Lipinski definition) is 2. The van der Waals surface area contributed by atoms with Gasteiger partial charge in [0.05, 0.1) is 4.83 Å². The summed E-state index contributed by atoms with van der Waals surface area (Å²) >= 11 is 10.8. The second-order valence-electron chi connectivity index (χ2n) is 3.18. The maximum absolute atomic E-state index is 11.2. The summed E-state index contributed by atoms with van der Waals surface area (Å²) in [6.45, 7) is 1.58. The number of halogens is 2. The molecule has 0 radical (unpaired) electrons. The third kappa shape index (κ3) is 3.23. The molecule has 1 rings (SSSR count). The highest BCUT2D eigenvalue weighted by molar-refractivity contribution is 9.09. The van der Waals surface area contributed by atoms with Crippen LogP contribution in [0.1, 0.15) is 22.9 Å². The van der Waals surface area contributed by atoms with Crippen LogP contribution < -0.4 is 0 Å². The van der Waals surface area contributed by atoms with Gasteiger partial charge in [-0.15, -0.1) is 23.4 Å². The Morgan fingerprint density at radius 3 is 2.73 bits per heavy atom. The van der Waals surface area contributed by atoms with Crippen LogP contribution in [-0.2, 0) is 10.7 Å². The number of rotatable bonds is 4. The van der Waals surface area contributed by atoms with Gasteiger partial charge in [0.1, 0.15) is 5.78 Å². The van der Waals surface area contributed by atoms with Crippen LogP contribution in [0.15, 0.2) is 23.1 Å². The fraction of sp³-hybridized carbons (Fsp3) is 0.364. The first-order valence-electron chi connectivity index (χ1n) is 4.47. The third-order valence-electron chi connectivity index (χ3n) is 2.10. The summed E-state index contributed by atoms with van der Waals surface area (Å²) < 4.78 is 0. The summed E-state index contributed by atoms with van der Waals surface area (Å²) in [7, 11) is 0. The summed E-state index contributed by atoms with van der Waals surface area (Å²) in [5.41, 5.74) is 2.09. The highest BCUT2D eigenvalue weighted by atomic mass is 79.9. The Kier molecular flexibility index (Phi) is 5.16. The van der Waals surface area contributed by atoms with Crippen LogP contribution in [-0.4, -0.2) is 12.0 Å². The van der Waals surface area contributed by atoms with Gasteiger partial charge in [0.15, 0.2) is 0 Å². The Balaban J connectivity index is 3.07. The summed E-state index contributed by atoms with van der Waals surface area (Å²) in [5.74, 6) is 0.615. The van der Waals surface area contributed by atoms with Crippen molar-refractivity contribution in [3.05, 3.63) is 29.3 Å². The van der Waals surface area contributed by atoms with Gasteiger partial charge in [0.25, 0.3) is 0 Å². The minimum atomic E-state index is -0.215. The lowest BCUT2D eigenvalue weighted by molar-refractivity contribution is -0.116. The number of thioether (sulfide) groups is 1. The lowest BCUT2D eigenvalue weighted by Gasteiger charge is -2.10. The van der Waals surface area contributed by atoms with Crippen molar-refractivity contribution in [2.75, 3.05) is 6.26 Å². The van der Waals surface area contributed by atoms with E-state index in [0.29, 0.717) is 5.88 Å². The topological polar surface area (TPSA) is 17.1 Å². The Bertz CT molecular complexity index is 368. The molecule has 0 spiro atoms. The molecule has 1 atom stereocenters. The largest absolute Gasteiger partial charge is 0.298 e. The molecule has 0 aromatic heterocycles. The van der Waals surface area contributed by atoms with Crippen molar-refractivity contribution in [2.45, 2.75) is 22.5 Å². The van der Waals surface area contributed by atoms with Crippen LogP contribution in [0.2, 0.25) is 0 Å². The molecule has 4 heteroatoms. The van der Waals surface area contributed by atoms with Crippen LogP contribution in [0.3, 0.4) is 0 Å². The molecule has 1 aromatic rings. The number of carbonyl (C=O) groups excluding carboxylic acids is 1. The molecular formula is C11H12BrClOS. The molecule has 0 heterocycles. The zero-order chi connectivity index (χ0) is 11.4. The van der Waals surface area contributed by atoms with E-state index in [1.54, 1.807) is 18.7 Å². The van der Waals surface area contributed by atoms with E-state index in [4.69, 9.17) is 11.6 Å². The van der Waals surface area contributed by atoms with E-state index in [1.165, 1.54) is 0 Å². The first-order chi connectivity index (χ1) is 7.10. The van der Waals surface area contributed by atoms with Crippen molar-refractivity contribution in [3.63, 3.8) is 0 Å². The van der Waals surface area contributed by atoms with Crippen LogP contribution in [0.25, 0.3) is 0 Å². The molecule has 0 aliphatic carbocycles. The van der Waals surface area contributed by atoms with E-state index < -0.39 is 0 Å². The lowest BCUT2D eigenvalue weighted by Crippen LogP contribution is -2.01. The van der Waals surface area contributed by atoms with Gasteiger partial charge in [-0.2, -0.15) is 0 Å². The highest BCUT2D eigenvalue weighted by Gasteiger charge is 2.13. The third-order valence-corrected chi connectivity index (χ3v) is 4.39. The summed E-state index contributed by atoms with van der Waals surface area (Å²) in [4.78, 5) is 12.1. The average molecular weight is 308 g/mol. The van der Waals surface area contributed by atoms with Gasteiger partial charge in [0.2, 0.25) is 0 Å². The fourth-order valence-corrected chi connectivity index (χ4v) is 2.52. The first kappa shape index (κ1) is 13.1. The SMILES string of the molecule is CSc1cc(C(Br)C(C)=O)ccc1CCl. The van der Waals surface area contributed by atoms with Crippen molar-refractivity contribution in [2.24, 2.45) is 0 Å². The summed E-state index contributed by atoms with van der Waals surface area (Å²) in [6.07, 6.45) is 2.01. The van der Waals surface area contributed by atoms with Crippen molar-refractivity contribution in [3.8, 4) is 0 Å². The van der Waals surface area contributed by atoms with Gasteiger partial charge < -0.3 is 0 Å². The molecule has 0 saturated carbocycles. The number of alkyl halides is 2. The number of Topliss-reactive ketones (excluding diaryl/α,β-unsaturated/α-hetero) is 1. The minimum absolute atomic E-state index is 0.112. The van der Waals surface area contributed by atoms with Crippen molar-refractivity contribution in [1.29, 1.82) is 0 Å². The Labute approximate surface area is 108 Å². The molecule has 0 aliphatic rings. The maximum atomic E-state index is 11.2. The van der Waals surface area contributed by atoms with Gasteiger partial charge in [-0.25, -0.2) is 0 Å². The second kappa shape index (κ2) is 5.92. The van der Waals surface area contributed by atoms with E-state index in [2.05, 4.69) is 15.9 Å². The van der Waals surface area contributed by atoms with Crippen molar-refractivity contribution >= 4 is 45.1 Å². The molecule has 0 aliphatic heterocycles. The standard InChI is InChI=1S/C11H12BrClOS/c1-7(14)11(12)8-3-4-9(6-13)10(5-8)15-2/h3-5,11H,6H2,1-2H3. The van der Waals surface area contributed by atoms with E-state index >= 15 is 0 Å². The van der Waals surface area contributed by atoms with Crippen LogP contribution in [0.4, 0.5) is 0 Å². The van der Waals surface area contributed by atoms with E-state index in [-0.39, 0.29) is 10.6 Å². The number of ketones is 1. The molecular weight excluding hydrogens is 296 g/mol. The van der Waals surface area contributed by atoms with Crippen LogP contribution in [0.5, 0.6) is 0 Å². The van der Waals surface area contributed by atoms with Crippen LogP contribution in [0, 0.1) is 0 Å². The second-order valence-corrected chi connectivity index (χ2v) is 5.21. The normalized spacial score (nSPS) is 12.5. The maximum Gasteiger partial charge on any atom is 0.147 e. The monoisotopic (exact) mass is 306 g/mol. The van der Waals surface area contributed by atoms with Crippen molar-refractivity contribution < 1.29 is 4.79 Å². The zero-order valence-corrected chi connectivity index (χ0v) is 11.7. The zero-order valence-electron chi connectivity index (χ0n) is 8.59. The summed E-state index contributed by atoms with van der Waals surface area (Å²) in [6, 6.07) is 5.94. The smallest absolute Gasteiger partial charge is 0.147 e. The van der Waals surface area contributed by atoms with Crippen LogP contribution >= 0.6 is 39.3 Å². The highest BCUT2D eigenvalue weighted by Crippen LogP contribution is 2.30. The fourth-order valence-electron chi connectivity index (χ4n) is 1.26. The predicted octanol–water partition coefficient (Wildman–Crippen LogP) is 4.17. The Hall–Kier alpha value is 0.01000. The minimum Gasteiger partial charge on any atom is -0.298 e. The average Bonchev–Trinajstić information content (AvgIpc) is 2.26. The number of carbonyl (C=O) groups is 1. The first-order valence-corrected chi connectivity index (χ1v) is 7.15. The summed E-state index contributed by atoms with van der Waals surface area (Å²) in [5, 5.41) is 0. The molecule has 15 heavy (non-hydrogen) atoms. The number of hydrogen-bond donors (Lipinski definition) is 0. The molecule has 82 valence electrons. The van der Waals surface area contributed by atoms with Gasteiger partial charge in [0, 0.05) is 10.8 Å². The molecule has 1 aromatic carbocycles. The predicted molar refractivity (Wildman–Crippen MR) is 70.1 cm³/mol. The molecule has 0 saturated heterocycles. The lowest BCUT2D eigenvalue weighted by atomic mass is 10.1. The molecule has 0 bridgehead atoms. The van der Waals surface area contributed by atoms with Gasteiger partial charge in [-0.3, -0.25) is 4.79 Å². The van der Waals surface area contributed by atoms with E-state index in [1.807, 2.05) is 24.5 Å². The molecule has 1 unspecified atom stereocenters. The molecule has 0 amide bonds. The van der Waals surface area contributed by atoms with Gasteiger partial charge in [-0.05, 0) is 30.4 Å². The Morgan fingerprint density at radius 1 is 1.60 bits per heavy atom. The van der Waals surface area contributed by atoms with Gasteiger partial charge in [-0.1, -0.05) is 28.1 Å². The quantitative estimate of drug-likeness (QED) is 0.613. The molecule has 0 N–H and O–H groups in total. The molecule has 1 nitrogen and oxygen atoms in total. The van der Waals surface area contributed by atoms with Crippen molar-refractivity contribution in [1.82, 2.24) is 0 Å². The number of benzene rings is 1. The van der Waals surface area contributed by atoms with E-state index in [0.717, 1.165) is 16.0 Å².